The smallest absolute Gasteiger partial charge is 0.315 e. The molecule has 1 saturated heterocycles. The maximum atomic E-state index is 12.4. The van der Waals surface area contributed by atoms with Gasteiger partial charge in [-0.25, -0.2) is 0 Å². The van der Waals surface area contributed by atoms with Crippen molar-refractivity contribution in [1.82, 2.24) is 14.7 Å². The van der Waals surface area contributed by atoms with Crippen molar-refractivity contribution in [2.75, 3.05) is 11.9 Å². The van der Waals surface area contributed by atoms with E-state index in [4.69, 9.17) is 5.26 Å². The van der Waals surface area contributed by atoms with Gasteiger partial charge in [0.1, 0.15) is 0 Å². The Balaban J connectivity index is 1.99. The minimum atomic E-state index is -0.643. The molecular weight excluding hydrogens is 306 g/mol. The first-order chi connectivity index (χ1) is 11.4. The maximum absolute atomic E-state index is 12.4. The normalized spacial score (nSPS) is 17.1. The topological polar surface area (TPSA) is 91.0 Å². The number of aromatic nitrogens is 2. The molecule has 1 aromatic heterocycles. The summed E-state index contributed by atoms with van der Waals surface area (Å²) in [6, 6.07) is 3.92. The number of anilines is 1. The third-order valence-corrected chi connectivity index (χ3v) is 4.23. The fraction of sp³-hybridized carbons (Fsp3) is 0.647. The molecule has 0 saturated carbocycles. The van der Waals surface area contributed by atoms with Crippen molar-refractivity contribution >= 4 is 17.6 Å². The van der Waals surface area contributed by atoms with E-state index in [0.29, 0.717) is 31.2 Å². The zero-order valence-electron chi connectivity index (χ0n) is 14.6. The van der Waals surface area contributed by atoms with E-state index in [-0.39, 0.29) is 6.04 Å². The van der Waals surface area contributed by atoms with Crippen LogP contribution in [0.5, 0.6) is 0 Å². The van der Waals surface area contributed by atoms with Crippen LogP contribution >= 0.6 is 0 Å². The first-order valence-electron chi connectivity index (χ1n) is 8.45. The molecule has 1 unspecified atom stereocenters. The number of carbonyl (C=O) groups is 2. The van der Waals surface area contributed by atoms with Crippen LogP contribution in [-0.2, 0) is 16.1 Å². The molecule has 24 heavy (non-hydrogen) atoms. The molecule has 0 aromatic carbocycles. The average molecular weight is 331 g/mol. The number of amides is 2. The molecule has 0 aliphatic carbocycles. The second-order valence-electron chi connectivity index (χ2n) is 6.68. The number of rotatable bonds is 5. The summed E-state index contributed by atoms with van der Waals surface area (Å²) in [5.41, 5.74) is 0.840. The molecule has 1 fully saturated rings. The zero-order valence-corrected chi connectivity index (χ0v) is 14.6. The molecule has 0 radical (unpaired) electrons. The molecule has 7 heteroatoms. The summed E-state index contributed by atoms with van der Waals surface area (Å²) in [5.74, 6) is -0.286. The van der Waals surface area contributed by atoms with Crippen LogP contribution in [0.3, 0.4) is 0 Å². The first kappa shape index (κ1) is 18.0. The number of hydrogen-bond donors (Lipinski definition) is 1. The highest BCUT2D eigenvalue weighted by Gasteiger charge is 2.32. The molecule has 2 amide bonds. The van der Waals surface area contributed by atoms with Gasteiger partial charge in [-0.05, 0) is 32.1 Å². The van der Waals surface area contributed by atoms with Crippen LogP contribution in [0.1, 0.15) is 45.2 Å². The summed E-state index contributed by atoms with van der Waals surface area (Å²) in [4.78, 5) is 26.4. The molecule has 7 nitrogen and oxygen atoms in total. The molecule has 1 atom stereocenters. The highest BCUT2D eigenvalue weighted by atomic mass is 16.2. The standard InChI is InChI=1S/C17H25N5O2/c1-12(2)10-14-6-4-8-21(14)17(24)16(23)19-15-11-13(3)22(20-15)9-5-7-18/h11-12,14H,4-6,8-10H2,1-3H3,(H,19,20,23). The summed E-state index contributed by atoms with van der Waals surface area (Å²) in [7, 11) is 0. The maximum Gasteiger partial charge on any atom is 0.315 e. The highest BCUT2D eigenvalue weighted by molar-refractivity contribution is 6.39. The Hall–Kier alpha value is -2.36. The fourth-order valence-electron chi connectivity index (χ4n) is 3.15. The van der Waals surface area contributed by atoms with Crippen molar-refractivity contribution in [1.29, 1.82) is 5.26 Å². The van der Waals surface area contributed by atoms with Gasteiger partial charge in [-0.2, -0.15) is 10.4 Å². The third-order valence-electron chi connectivity index (χ3n) is 4.23. The van der Waals surface area contributed by atoms with Gasteiger partial charge in [-0.1, -0.05) is 13.8 Å². The van der Waals surface area contributed by atoms with E-state index in [2.05, 4.69) is 30.3 Å². The number of nitrogens with zero attached hydrogens (tertiary/aromatic N) is 4. The van der Waals surface area contributed by atoms with E-state index in [1.54, 1.807) is 15.6 Å². The second-order valence-corrected chi connectivity index (χ2v) is 6.68. The van der Waals surface area contributed by atoms with Gasteiger partial charge in [0.15, 0.2) is 5.82 Å². The van der Waals surface area contributed by atoms with Crippen molar-refractivity contribution in [2.24, 2.45) is 5.92 Å². The first-order valence-corrected chi connectivity index (χ1v) is 8.45. The van der Waals surface area contributed by atoms with Gasteiger partial charge >= 0.3 is 11.8 Å². The van der Waals surface area contributed by atoms with Gasteiger partial charge in [0.05, 0.1) is 19.0 Å². The van der Waals surface area contributed by atoms with Crippen LogP contribution in [0.15, 0.2) is 6.07 Å². The zero-order chi connectivity index (χ0) is 17.7. The van der Waals surface area contributed by atoms with Crippen molar-refractivity contribution < 1.29 is 9.59 Å². The van der Waals surface area contributed by atoms with Crippen LogP contribution in [0.2, 0.25) is 0 Å². The van der Waals surface area contributed by atoms with Crippen molar-refractivity contribution in [2.45, 2.75) is 59.0 Å². The molecule has 2 heterocycles. The predicted octanol–water partition coefficient (Wildman–Crippen LogP) is 2.08. The van der Waals surface area contributed by atoms with Gasteiger partial charge in [0, 0.05) is 24.3 Å². The number of nitrogens with one attached hydrogen (secondary N) is 1. The SMILES string of the molecule is Cc1cc(NC(=O)C(=O)N2CCCC2CC(C)C)nn1CCC#N. The van der Waals surface area contributed by atoms with Crippen molar-refractivity contribution in [3.63, 3.8) is 0 Å². The summed E-state index contributed by atoms with van der Waals surface area (Å²) in [6.45, 7) is 7.20. The Bertz CT molecular complexity index is 644. The number of aryl methyl sites for hydroxylation is 2. The summed E-state index contributed by atoms with van der Waals surface area (Å²) in [6.07, 6.45) is 3.16. The van der Waals surface area contributed by atoms with Crippen LogP contribution in [0.25, 0.3) is 0 Å². The second kappa shape index (κ2) is 7.95. The van der Waals surface area contributed by atoms with Gasteiger partial charge in [-0.3, -0.25) is 14.3 Å². The molecule has 1 aliphatic rings. The van der Waals surface area contributed by atoms with Crippen LogP contribution in [0, 0.1) is 24.2 Å². The lowest BCUT2D eigenvalue weighted by Gasteiger charge is -2.25. The molecule has 1 N–H and O–H groups in total. The quantitative estimate of drug-likeness (QED) is 0.836. The number of nitriles is 1. The van der Waals surface area contributed by atoms with Crippen LogP contribution in [0.4, 0.5) is 5.82 Å². The molecule has 0 bridgehead atoms. The molecule has 1 aliphatic heterocycles. The van der Waals surface area contributed by atoms with E-state index >= 15 is 0 Å². The Morgan fingerprint density at radius 2 is 2.25 bits per heavy atom. The van der Waals surface area contributed by atoms with E-state index in [9.17, 15) is 9.59 Å². The largest absolute Gasteiger partial charge is 0.331 e. The summed E-state index contributed by atoms with van der Waals surface area (Å²) in [5, 5.41) is 15.5. The number of likely N-dealkylation sites (tertiary alicyclic amines) is 1. The molecule has 2 rings (SSSR count). The van der Waals surface area contributed by atoms with Gasteiger partial charge in [0.2, 0.25) is 0 Å². The lowest BCUT2D eigenvalue weighted by molar-refractivity contribution is -0.143. The van der Waals surface area contributed by atoms with E-state index in [0.717, 1.165) is 25.0 Å². The van der Waals surface area contributed by atoms with Crippen molar-refractivity contribution in [3.8, 4) is 6.07 Å². The predicted molar refractivity (Wildman–Crippen MR) is 90.0 cm³/mol. The molecule has 1 aromatic rings. The minimum absolute atomic E-state index is 0.151. The Morgan fingerprint density at radius 3 is 2.92 bits per heavy atom. The van der Waals surface area contributed by atoms with E-state index in [1.165, 1.54) is 0 Å². The summed E-state index contributed by atoms with van der Waals surface area (Å²) < 4.78 is 1.65. The van der Waals surface area contributed by atoms with Gasteiger partial charge in [0.25, 0.3) is 0 Å². The Morgan fingerprint density at radius 1 is 1.50 bits per heavy atom. The molecule has 0 spiro atoms. The lowest BCUT2D eigenvalue weighted by atomic mass is 10.0. The fourth-order valence-corrected chi connectivity index (χ4v) is 3.15. The highest BCUT2D eigenvalue weighted by Crippen LogP contribution is 2.23. The Kier molecular flexibility index (Phi) is 5.96. The van der Waals surface area contributed by atoms with Gasteiger partial charge in [-0.15, -0.1) is 0 Å². The van der Waals surface area contributed by atoms with Gasteiger partial charge < -0.3 is 10.2 Å². The average Bonchev–Trinajstić information content (AvgIpc) is 3.10. The minimum Gasteiger partial charge on any atom is -0.331 e. The lowest BCUT2D eigenvalue weighted by Crippen LogP contribution is -2.43. The molecule has 130 valence electrons. The van der Waals surface area contributed by atoms with Crippen LogP contribution < -0.4 is 5.32 Å². The molecular formula is C17H25N5O2. The van der Waals surface area contributed by atoms with E-state index in [1.807, 2.05) is 6.92 Å². The monoisotopic (exact) mass is 331 g/mol. The Labute approximate surface area is 142 Å². The van der Waals surface area contributed by atoms with E-state index < -0.39 is 11.8 Å². The van der Waals surface area contributed by atoms with Crippen molar-refractivity contribution in [3.05, 3.63) is 11.8 Å². The number of hydrogen-bond acceptors (Lipinski definition) is 4. The third kappa shape index (κ3) is 4.34. The van der Waals surface area contributed by atoms with Crippen LogP contribution in [-0.4, -0.2) is 39.1 Å². The summed E-state index contributed by atoms with van der Waals surface area (Å²) >= 11 is 0. The number of carbonyl (C=O) groups excluding carboxylic acids is 2.